The summed E-state index contributed by atoms with van der Waals surface area (Å²) in [6, 6.07) is 14.9. The van der Waals surface area contributed by atoms with Crippen LogP contribution >= 0.6 is 11.6 Å². The van der Waals surface area contributed by atoms with Crippen LogP contribution in [-0.2, 0) is 0 Å². The molecule has 0 aliphatic heterocycles. The molecule has 0 saturated carbocycles. The average molecular weight is 303 g/mol. The first-order valence-electron chi connectivity index (χ1n) is 6.33. The van der Waals surface area contributed by atoms with E-state index in [2.05, 4.69) is 0 Å². The van der Waals surface area contributed by atoms with Gasteiger partial charge >= 0.3 is 0 Å². The number of halogens is 2. The lowest BCUT2D eigenvalue weighted by atomic mass is 10.1. The van der Waals surface area contributed by atoms with Crippen LogP contribution in [0.2, 0.25) is 5.02 Å². The van der Waals surface area contributed by atoms with E-state index in [1.165, 1.54) is 23.1 Å². The fourth-order valence-electron chi connectivity index (χ4n) is 1.95. The summed E-state index contributed by atoms with van der Waals surface area (Å²) in [5, 5.41) is 8.79. The van der Waals surface area contributed by atoms with Crippen LogP contribution in [0.3, 0.4) is 0 Å². The Balaban J connectivity index is 2.42. The molecule has 0 fully saturated rings. The van der Waals surface area contributed by atoms with E-state index in [0.717, 1.165) is 0 Å². The molecule has 0 aliphatic carbocycles. The molecule has 1 amide bonds. The number of benzene rings is 2. The van der Waals surface area contributed by atoms with Gasteiger partial charge in [0.2, 0.25) is 0 Å². The van der Waals surface area contributed by atoms with Crippen LogP contribution < -0.4 is 4.90 Å². The van der Waals surface area contributed by atoms with Gasteiger partial charge in [-0.3, -0.25) is 4.79 Å². The van der Waals surface area contributed by atoms with Crippen molar-refractivity contribution in [2.45, 2.75) is 6.42 Å². The molecule has 21 heavy (non-hydrogen) atoms. The first-order valence-corrected chi connectivity index (χ1v) is 6.71. The molecule has 0 bridgehead atoms. The van der Waals surface area contributed by atoms with Crippen molar-refractivity contribution < 1.29 is 9.18 Å². The Labute approximate surface area is 127 Å². The third-order valence-electron chi connectivity index (χ3n) is 2.94. The minimum absolute atomic E-state index is 0.0536. The highest BCUT2D eigenvalue weighted by Crippen LogP contribution is 2.24. The number of nitrogens with zero attached hydrogens (tertiary/aromatic N) is 2. The predicted molar refractivity (Wildman–Crippen MR) is 79.8 cm³/mol. The Bertz CT molecular complexity index is 662. The number of nitriles is 1. The largest absolute Gasteiger partial charge is 0.307 e. The lowest BCUT2D eigenvalue weighted by Gasteiger charge is -2.22. The van der Waals surface area contributed by atoms with Gasteiger partial charge in [0.15, 0.2) is 0 Å². The number of carbonyl (C=O) groups excluding carboxylic acids is 1. The Morgan fingerprint density at radius 1 is 1.19 bits per heavy atom. The number of rotatable bonds is 4. The highest BCUT2D eigenvalue weighted by atomic mass is 35.5. The number of hydrogen-bond acceptors (Lipinski definition) is 2. The monoisotopic (exact) mass is 302 g/mol. The quantitative estimate of drug-likeness (QED) is 0.855. The van der Waals surface area contributed by atoms with Gasteiger partial charge in [-0.05, 0) is 24.3 Å². The predicted octanol–water partition coefficient (Wildman–Crippen LogP) is 4.04. The van der Waals surface area contributed by atoms with Gasteiger partial charge in [-0.25, -0.2) is 4.39 Å². The summed E-state index contributed by atoms with van der Waals surface area (Å²) in [4.78, 5) is 13.9. The molecule has 2 aromatic carbocycles. The minimum atomic E-state index is -0.676. The van der Waals surface area contributed by atoms with Crippen molar-refractivity contribution in [1.29, 1.82) is 5.26 Å². The van der Waals surface area contributed by atoms with Crippen molar-refractivity contribution in [3.63, 3.8) is 0 Å². The molecule has 0 N–H and O–H groups in total. The van der Waals surface area contributed by atoms with Crippen LogP contribution in [0.15, 0.2) is 48.5 Å². The van der Waals surface area contributed by atoms with Gasteiger partial charge in [-0.15, -0.1) is 0 Å². The van der Waals surface area contributed by atoms with Crippen molar-refractivity contribution in [3.05, 3.63) is 64.9 Å². The number of amides is 1. The van der Waals surface area contributed by atoms with Crippen LogP contribution in [-0.4, -0.2) is 12.5 Å². The standard InChI is InChI=1S/C16H12ClFN2O/c17-13-8-4-9-14(18)15(13)16(21)20(11-5-10-19)12-6-2-1-3-7-12/h1-4,6-9H,5,11H2. The molecule has 0 heterocycles. The van der Waals surface area contributed by atoms with E-state index in [9.17, 15) is 9.18 Å². The van der Waals surface area contributed by atoms with E-state index >= 15 is 0 Å². The van der Waals surface area contributed by atoms with Gasteiger partial charge in [0.1, 0.15) is 5.82 Å². The third-order valence-corrected chi connectivity index (χ3v) is 3.25. The molecule has 0 aliphatic rings. The summed E-state index contributed by atoms with van der Waals surface area (Å²) in [6.45, 7) is 0.171. The third kappa shape index (κ3) is 3.39. The molecule has 0 unspecified atom stereocenters. The average Bonchev–Trinajstić information content (AvgIpc) is 2.48. The van der Waals surface area contributed by atoms with Gasteiger partial charge < -0.3 is 4.90 Å². The molecule has 5 heteroatoms. The number of anilines is 1. The van der Waals surface area contributed by atoms with E-state index in [1.54, 1.807) is 24.3 Å². The summed E-state index contributed by atoms with van der Waals surface area (Å²) >= 11 is 5.94. The summed E-state index contributed by atoms with van der Waals surface area (Å²) in [5.74, 6) is -1.23. The van der Waals surface area contributed by atoms with Gasteiger partial charge in [0, 0.05) is 12.2 Å². The minimum Gasteiger partial charge on any atom is -0.307 e. The van der Waals surface area contributed by atoms with Crippen LogP contribution in [0.1, 0.15) is 16.8 Å². The zero-order valence-corrected chi connectivity index (χ0v) is 11.8. The zero-order chi connectivity index (χ0) is 15.2. The Kier molecular flexibility index (Phi) is 4.91. The Morgan fingerprint density at radius 2 is 1.90 bits per heavy atom. The first kappa shape index (κ1) is 15.0. The van der Waals surface area contributed by atoms with Gasteiger partial charge in [-0.1, -0.05) is 35.9 Å². The van der Waals surface area contributed by atoms with Crippen molar-refractivity contribution in [1.82, 2.24) is 0 Å². The molecule has 3 nitrogen and oxygen atoms in total. The summed E-state index contributed by atoms with van der Waals surface area (Å²) in [5.41, 5.74) is 0.415. The fraction of sp³-hybridized carbons (Fsp3) is 0.125. The first-order chi connectivity index (χ1) is 10.1. The molecule has 106 valence electrons. The topological polar surface area (TPSA) is 44.1 Å². The van der Waals surface area contributed by atoms with Gasteiger partial charge in [0.25, 0.3) is 5.91 Å². The fourth-order valence-corrected chi connectivity index (χ4v) is 2.20. The van der Waals surface area contributed by atoms with Crippen LogP contribution in [0.25, 0.3) is 0 Å². The van der Waals surface area contributed by atoms with Crippen molar-refractivity contribution in [3.8, 4) is 6.07 Å². The second kappa shape index (κ2) is 6.87. The lowest BCUT2D eigenvalue weighted by Crippen LogP contribution is -2.32. The maximum Gasteiger partial charge on any atom is 0.262 e. The normalized spacial score (nSPS) is 9.95. The van der Waals surface area contributed by atoms with Gasteiger partial charge in [-0.2, -0.15) is 5.26 Å². The Morgan fingerprint density at radius 3 is 2.52 bits per heavy atom. The van der Waals surface area contributed by atoms with Crippen molar-refractivity contribution in [2.75, 3.05) is 11.4 Å². The summed E-state index contributed by atoms with van der Waals surface area (Å²) < 4.78 is 13.9. The van der Waals surface area contributed by atoms with E-state index in [-0.39, 0.29) is 23.6 Å². The van der Waals surface area contributed by atoms with Crippen LogP contribution in [0.4, 0.5) is 10.1 Å². The molecule has 2 aromatic rings. The molecule has 2 rings (SSSR count). The maximum absolute atomic E-state index is 13.9. The zero-order valence-electron chi connectivity index (χ0n) is 11.1. The van der Waals surface area contributed by atoms with Crippen LogP contribution in [0.5, 0.6) is 0 Å². The molecule has 0 spiro atoms. The van der Waals surface area contributed by atoms with E-state index in [1.807, 2.05) is 12.1 Å². The van der Waals surface area contributed by atoms with E-state index in [0.29, 0.717) is 5.69 Å². The highest BCUT2D eigenvalue weighted by Gasteiger charge is 2.23. The van der Waals surface area contributed by atoms with E-state index < -0.39 is 11.7 Å². The number of carbonyl (C=O) groups is 1. The lowest BCUT2D eigenvalue weighted by molar-refractivity contribution is 0.0984. The van der Waals surface area contributed by atoms with Crippen LogP contribution in [0, 0.1) is 17.1 Å². The highest BCUT2D eigenvalue weighted by molar-refractivity contribution is 6.34. The molecular weight excluding hydrogens is 291 g/mol. The summed E-state index contributed by atoms with van der Waals surface area (Å²) in [6.07, 6.45) is 0.146. The Hall–Kier alpha value is -2.38. The molecule has 0 radical (unpaired) electrons. The maximum atomic E-state index is 13.9. The smallest absolute Gasteiger partial charge is 0.262 e. The molecular formula is C16H12ClFN2O. The van der Waals surface area contributed by atoms with Crippen molar-refractivity contribution >= 4 is 23.2 Å². The SMILES string of the molecule is N#CCCN(C(=O)c1c(F)cccc1Cl)c1ccccc1. The number of para-hydroxylation sites is 1. The molecule has 0 aromatic heterocycles. The molecule has 0 atom stereocenters. The molecule has 0 saturated heterocycles. The second-order valence-corrected chi connectivity index (χ2v) is 4.70. The van der Waals surface area contributed by atoms with Crippen molar-refractivity contribution in [2.24, 2.45) is 0 Å². The summed E-state index contributed by atoms with van der Waals surface area (Å²) in [7, 11) is 0. The second-order valence-electron chi connectivity index (χ2n) is 4.30. The van der Waals surface area contributed by atoms with E-state index in [4.69, 9.17) is 16.9 Å². The van der Waals surface area contributed by atoms with Gasteiger partial charge in [0.05, 0.1) is 23.1 Å². The number of hydrogen-bond donors (Lipinski definition) is 0.